The number of thioether (sulfide) groups is 1. The number of carbonyl (C=O) groups excluding carboxylic acids is 1. The minimum atomic E-state index is -0.267. The van der Waals surface area contributed by atoms with E-state index in [0.29, 0.717) is 44.9 Å². The van der Waals surface area contributed by atoms with E-state index >= 15 is 0 Å². The van der Waals surface area contributed by atoms with Gasteiger partial charge < -0.3 is 14.6 Å². The predicted molar refractivity (Wildman–Crippen MR) is 120 cm³/mol. The van der Waals surface area contributed by atoms with Gasteiger partial charge in [-0.05, 0) is 45.1 Å². The second-order valence-electron chi connectivity index (χ2n) is 5.98. The average Bonchev–Trinajstić information content (AvgIpc) is 3.04. The smallest absolute Gasteiger partial charge is 0.271 e. The van der Waals surface area contributed by atoms with Crippen molar-refractivity contribution in [2.75, 3.05) is 25.4 Å². The summed E-state index contributed by atoms with van der Waals surface area (Å²) in [5.41, 5.74) is 0.934. The molecule has 0 atom stereocenters. The van der Waals surface area contributed by atoms with Gasteiger partial charge in [-0.1, -0.05) is 35.2 Å². The standard InChI is InChI=1S/C19H22N4O3S3/c1-4-22(5-2)14(24)11-28-18-20-16-15(17(25)21-18)29-19(27)23(16)12-9-7-8-10-13(12)26-6-3/h7-10H,4-6,11H2,1-3H3,(H,20,21,25). The van der Waals surface area contributed by atoms with Gasteiger partial charge in [0.15, 0.2) is 14.8 Å². The highest BCUT2D eigenvalue weighted by Gasteiger charge is 2.17. The molecular weight excluding hydrogens is 428 g/mol. The summed E-state index contributed by atoms with van der Waals surface area (Å²) in [6.07, 6.45) is 0. The van der Waals surface area contributed by atoms with E-state index in [2.05, 4.69) is 9.97 Å². The lowest BCUT2D eigenvalue weighted by Crippen LogP contribution is -2.32. The van der Waals surface area contributed by atoms with E-state index in [9.17, 15) is 9.59 Å². The van der Waals surface area contributed by atoms with Crippen LogP contribution in [0.4, 0.5) is 0 Å². The van der Waals surface area contributed by atoms with E-state index < -0.39 is 0 Å². The fourth-order valence-electron chi connectivity index (χ4n) is 2.89. The fraction of sp³-hybridized carbons (Fsp3) is 0.368. The summed E-state index contributed by atoms with van der Waals surface area (Å²) in [5.74, 6) is 0.877. The summed E-state index contributed by atoms with van der Waals surface area (Å²) in [7, 11) is 0. The van der Waals surface area contributed by atoms with Crippen molar-refractivity contribution in [1.29, 1.82) is 0 Å². The molecule has 3 rings (SSSR count). The number of rotatable bonds is 8. The Bertz CT molecular complexity index is 1130. The number of H-pyrrole nitrogens is 1. The van der Waals surface area contributed by atoms with Gasteiger partial charge in [0.2, 0.25) is 5.91 Å². The molecule has 10 heteroatoms. The Labute approximate surface area is 181 Å². The van der Waals surface area contributed by atoms with Crippen LogP contribution >= 0.6 is 35.3 Å². The first kappa shape index (κ1) is 21.5. The summed E-state index contributed by atoms with van der Waals surface area (Å²) in [5, 5.41) is 0.387. The molecule has 0 aliphatic carbocycles. The number of carbonyl (C=O) groups is 1. The monoisotopic (exact) mass is 450 g/mol. The highest BCUT2D eigenvalue weighted by atomic mass is 32.2. The van der Waals surface area contributed by atoms with Gasteiger partial charge in [-0.15, -0.1) is 0 Å². The molecule has 29 heavy (non-hydrogen) atoms. The molecule has 1 aromatic carbocycles. The fourth-order valence-corrected chi connectivity index (χ4v) is 4.91. The zero-order chi connectivity index (χ0) is 21.0. The third-order valence-corrected chi connectivity index (χ3v) is 6.50. The van der Waals surface area contributed by atoms with Crippen molar-refractivity contribution in [2.24, 2.45) is 0 Å². The maximum Gasteiger partial charge on any atom is 0.271 e. The number of benzene rings is 1. The molecule has 2 aromatic heterocycles. The number of aromatic nitrogens is 3. The number of ether oxygens (including phenoxy) is 1. The SMILES string of the molecule is CCOc1ccccc1-n1c(=S)sc2c(=O)[nH]c(SCC(=O)N(CC)CC)nc21. The Morgan fingerprint density at radius 3 is 2.72 bits per heavy atom. The lowest BCUT2D eigenvalue weighted by molar-refractivity contribution is -0.127. The molecule has 2 heterocycles. The Hall–Kier alpha value is -2.17. The summed E-state index contributed by atoms with van der Waals surface area (Å²) >= 11 is 7.94. The highest BCUT2D eigenvalue weighted by molar-refractivity contribution is 7.99. The first-order valence-corrected chi connectivity index (χ1v) is 11.5. The molecule has 0 radical (unpaired) electrons. The number of hydrogen-bond acceptors (Lipinski definition) is 7. The van der Waals surface area contributed by atoms with Crippen LogP contribution in [0.15, 0.2) is 34.2 Å². The van der Waals surface area contributed by atoms with E-state index in [1.54, 1.807) is 9.47 Å². The van der Waals surface area contributed by atoms with Crippen LogP contribution in [0, 0.1) is 3.95 Å². The molecule has 0 fully saturated rings. The van der Waals surface area contributed by atoms with Crippen molar-refractivity contribution in [2.45, 2.75) is 25.9 Å². The number of hydrogen-bond donors (Lipinski definition) is 1. The topological polar surface area (TPSA) is 80.2 Å². The zero-order valence-electron chi connectivity index (χ0n) is 16.4. The minimum Gasteiger partial charge on any atom is -0.492 e. The van der Waals surface area contributed by atoms with Gasteiger partial charge in [-0.2, -0.15) is 0 Å². The van der Waals surface area contributed by atoms with Crippen LogP contribution in [0.2, 0.25) is 0 Å². The Kier molecular flexibility index (Phi) is 7.09. The summed E-state index contributed by atoms with van der Waals surface area (Å²) in [6, 6.07) is 7.50. The van der Waals surface area contributed by atoms with Crippen LogP contribution < -0.4 is 10.3 Å². The van der Waals surface area contributed by atoms with Crippen LogP contribution in [-0.4, -0.2) is 50.8 Å². The molecule has 1 N–H and O–H groups in total. The average molecular weight is 451 g/mol. The number of para-hydroxylation sites is 2. The molecule has 0 bridgehead atoms. The van der Waals surface area contributed by atoms with E-state index in [1.165, 1.54) is 23.1 Å². The molecule has 1 amide bonds. The summed E-state index contributed by atoms with van der Waals surface area (Å²) in [4.78, 5) is 34.0. The van der Waals surface area contributed by atoms with E-state index in [0.717, 1.165) is 5.69 Å². The molecule has 0 aliphatic heterocycles. The molecule has 0 aliphatic rings. The lowest BCUT2D eigenvalue weighted by atomic mass is 10.3. The van der Waals surface area contributed by atoms with Gasteiger partial charge in [0.25, 0.3) is 5.56 Å². The molecule has 0 saturated heterocycles. The molecular formula is C19H22N4O3S3. The number of thiazole rings is 1. The van der Waals surface area contributed by atoms with E-state index in [4.69, 9.17) is 17.0 Å². The van der Waals surface area contributed by atoms with Gasteiger partial charge in [0.1, 0.15) is 10.4 Å². The quantitative estimate of drug-likeness (QED) is 0.319. The molecule has 0 saturated carbocycles. The van der Waals surface area contributed by atoms with Gasteiger partial charge >= 0.3 is 0 Å². The molecule has 0 unspecified atom stereocenters. The summed E-state index contributed by atoms with van der Waals surface area (Å²) in [6.45, 7) is 7.59. The maximum atomic E-state index is 12.6. The third kappa shape index (κ3) is 4.54. The van der Waals surface area contributed by atoms with Crippen LogP contribution in [-0.2, 0) is 4.79 Å². The van der Waals surface area contributed by atoms with Gasteiger partial charge in [0.05, 0.1) is 18.0 Å². The molecule has 0 spiro atoms. The zero-order valence-corrected chi connectivity index (χ0v) is 18.9. The highest BCUT2D eigenvalue weighted by Crippen LogP contribution is 2.30. The predicted octanol–water partition coefficient (Wildman–Crippen LogP) is 3.86. The van der Waals surface area contributed by atoms with Crippen molar-refractivity contribution < 1.29 is 9.53 Å². The summed E-state index contributed by atoms with van der Waals surface area (Å²) < 4.78 is 8.43. The van der Waals surface area contributed by atoms with Crippen molar-refractivity contribution in [3.05, 3.63) is 38.6 Å². The molecule has 7 nitrogen and oxygen atoms in total. The van der Waals surface area contributed by atoms with Gasteiger partial charge in [0, 0.05) is 13.1 Å². The molecule has 3 aromatic rings. The molecule has 154 valence electrons. The second-order valence-corrected chi connectivity index (χ2v) is 8.59. The van der Waals surface area contributed by atoms with Crippen molar-refractivity contribution in [1.82, 2.24) is 19.4 Å². The number of fused-ring (bicyclic) bond motifs is 1. The van der Waals surface area contributed by atoms with Gasteiger partial charge in [-0.25, -0.2) is 4.98 Å². The number of nitrogens with one attached hydrogen (secondary N) is 1. The third-order valence-electron chi connectivity index (χ3n) is 4.28. The normalized spacial score (nSPS) is 11.0. The van der Waals surface area contributed by atoms with Crippen LogP contribution in [0.25, 0.3) is 16.0 Å². The second kappa shape index (κ2) is 9.55. The Balaban J connectivity index is 2.04. The van der Waals surface area contributed by atoms with Crippen molar-refractivity contribution >= 4 is 51.6 Å². The van der Waals surface area contributed by atoms with Crippen LogP contribution in [0.1, 0.15) is 20.8 Å². The first-order chi connectivity index (χ1) is 14.0. The van der Waals surface area contributed by atoms with Crippen LogP contribution in [0.5, 0.6) is 5.75 Å². The number of nitrogens with zero attached hydrogens (tertiary/aromatic N) is 3. The number of amides is 1. The van der Waals surface area contributed by atoms with Crippen LogP contribution in [0.3, 0.4) is 0 Å². The Morgan fingerprint density at radius 1 is 1.31 bits per heavy atom. The van der Waals surface area contributed by atoms with Gasteiger partial charge in [-0.3, -0.25) is 14.2 Å². The lowest BCUT2D eigenvalue weighted by Gasteiger charge is -2.17. The Morgan fingerprint density at radius 2 is 2.03 bits per heavy atom. The number of aromatic amines is 1. The maximum absolute atomic E-state index is 12.6. The first-order valence-electron chi connectivity index (χ1n) is 9.28. The van der Waals surface area contributed by atoms with E-state index in [1.807, 2.05) is 45.0 Å². The van der Waals surface area contributed by atoms with Crippen molar-refractivity contribution in [3.8, 4) is 11.4 Å². The minimum absolute atomic E-state index is 0.00610. The van der Waals surface area contributed by atoms with E-state index in [-0.39, 0.29) is 17.2 Å². The van der Waals surface area contributed by atoms with Crippen molar-refractivity contribution in [3.63, 3.8) is 0 Å². The largest absolute Gasteiger partial charge is 0.492 e.